The van der Waals surface area contributed by atoms with Crippen LogP contribution in [0.4, 0.5) is 4.39 Å². The molecule has 5 nitrogen and oxygen atoms in total. The Hall–Kier alpha value is -2.31. The number of rotatable bonds is 5. The van der Waals surface area contributed by atoms with Gasteiger partial charge in [-0.15, -0.1) is 0 Å². The minimum atomic E-state index is -1.01. The molecule has 6 heteroatoms. The van der Waals surface area contributed by atoms with E-state index in [1.165, 1.54) is 0 Å². The molecule has 0 bridgehead atoms. The first-order valence-electron chi connectivity index (χ1n) is 8.90. The zero-order chi connectivity index (χ0) is 18.5. The number of carboxylic acids is 1. The number of hydrogen-bond acceptors (Lipinski definition) is 4. The predicted octanol–water partition coefficient (Wildman–Crippen LogP) is 2.86. The quantitative estimate of drug-likeness (QED) is 0.892. The normalized spacial score (nSPS) is 17.6. The van der Waals surface area contributed by atoms with Crippen LogP contribution in [-0.4, -0.2) is 52.0 Å². The van der Waals surface area contributed by atoms with Crippen LogP contribution >= 0.6 is 0 Å². The van der Waals surface area contributed by atoms with E-state index in [1.807, 2.05) is 23.1 Å². The maximum Gasteiger partial charge on any atom is 0.325 e. The van der Waals surface area contributed by atoms with Crippen LogP contribution in [0, 0.1) is 12.7 Å². The molecule has 0 amide bonds. The summed E-state index contributed by atoms with van der Waals surface area (Å²) in [5.74, 6) is -1.43. The van der Waals surface area contributed by atoms with Crippen LogP contribution in [0.2, 0.25) is 0 Å². The summed E-state index contributed by atoms with van der Waals surface area (Å²) in [5.41, 5.74) is 1.72. The van der Waals surface area contributed by atoms with Gasteiger partial charge in [0.15, 0.2) is 0 Å². The Morgan fingerprint density at radius 3 is 2.77 bits per heavy atom. The third kappa shape index (κ3) is 4.26. The number of hydrogen-bond donors (Lipinski definition) is 1. The molecule has 1 aromatic heterocycles. The fraction of sp³-hybridized carbons (Fsp3) is 0.400. The molecule has 2 heterocycles. The van der Waals surface area contributed by atoms with Gasteiger partial charge in [0.2, 0.25) is 0 Å². The zero-order valence-corrected chi connectivity index (χ0v) is 14.9. The van der Waals surface area contributed by atoms with Crippen molar-refractivity contribution in [3.05, 3.63) is 65.2 Å². The van der Waals surface area contributed by atoms with Crippen molar-refractivity contribution in [1.82, 2.24) is 14.8 Å². The first-order valence-corrected chi connectivity index (χ1v) is 8.90. The highest BCUT2D eigenvalue weighted by atomic mass is 19.1. The lowest BCUT2D eigenvalue weighted by Gasteiger charge is -2.28. The van der Waals surface area contributed by atoms with Gasteiger partial charge in [-0.2, -0.15) is 0 Å². The number of carboxylic acid groups (broad SMARTS) is 1. The Labute approximate surface area is 153 Å². The van der Waals surface area contributed by atoms with E-state index in [0.29, 0.717) is 18.7 Å². The topological polar surface area (TPSA) is 56.7 Å². The number of halogens is 1. The highest BCUT2D eigenvalue weighted by Crippen LogP contribution is 2.26. The summed E-state index contributed by atoms with van der Waals surface area (Å²) < 4.78 is 14.5. The fourth-order valence-corrected chi connectivity index (χ4v) is 3.50. The van der Waals surface area contributed by atoms with Crippen LogP contribution in [0.1, 0.15) is 29.3 Å². The molecule has 138 valence electrons. The number of aryl methyl sites for hydroxylation is 1. The Morgan fingerprint density at radius 1 is 1.19 bits per heavy atom. The van der Waals surface area contributed by atoms with Crippen LogP contribution in [0.25, 0.3) is 0 Å². The van der Waals surface area contributed by atoms with Crippen LogP contribution in [0.15, 0.2) is 42.6 Å². The molecule has 1 N–H and O–H groups in total. The van der Waals surface area contributed by atoms with Crippen molar-refractivity contribution in [2.24, 2.45) is 0 Å². The monoisotopic (exact) mass is 357 g/mol. The van der Waals surface area contributed by atoms with Gasteiger partial charge in [-0.25, -0.2) is 4.39 Å². The third-order valence-corrected chi connectivity index (χ3v) is 4.85. The van der Waals surface area contributed by atoms with Crippen LogP contribution in [-0.2, 0) is 11.3 Å². The minimum Gasteiger partial charge on any atom is -0.480 e. The SMILES string of the molecule is Cc1cccc([C@H](C(=O)O)N2CCCN(Cc3ccccn3)CC2)c1F. The first kappa shape index (κ1) is 18.5. The molecule has 1 atom stereocenters. The van der Waals surface area contributed by atoms with Crippen LogP contribution in [0.3, 0.4) is 0 Å². The summed E-state index contributed by atoms with van der Waals surface area (Å²) in [6.07, 6.45) is 2.62. The van der Waals surface area contributed by atoms with Crippen molar-refractivity contribution < 1.29 is 14.3 Å². The second-order valence-corrected chi connectivity index (χ2v) is 6.71. The second-order valence-electron chi connectivity index (χ2n) is 6.71. The van der Waals surface area contributed by atoms with Gasteiger partial charge in [0.1, 0.15) is 11.9 Å². The molecule has 1 aliphatic rings. The Morgan fingerprint density at radius 2 is 2.04 bits per heavy atom. The van der Waals surface area contributed by atoms with Gasteiger partial charge in [-0.1, -0.05) is 24.3 Å². The number of pyridine rings is 1. The highest BCUT2D eigenvalue weighted by Gasteiger charge is 2.31. The maximum atomic E-state index is 14.5. The van der Waals surface area contributed by atoms with Gasteiger partial charge < -0.3 is 5.11 Å². The molecule has 1 fully saturated rings. The number of carbonyl (C=O) groups is 1. The molecule has 0 saturated carbocycles. The van der Waals surface area contributed by atoms with Gasteiger partial charge in [0.25, 0.3) is 0 Å². The summed E-state index contributed by atoms with van der Waals surface area (Å²) in [4.78, 5) is 20.4. The molecule has 1 aliphatic heterocycles. The summed E-state index contributed by atoms with van der Waals surface area (Å²) >= 11 is 0. The molecule has 2 aromatic rings. The molecule has 0 unspecified atom stereocenters. The van der Waals surface area contributed by atoms with Crippen LogP contribution < -0.4 is 0 Å². The van der Waals surface area contributed by atoms with E-state index in [9.17, 15) is 14.3 Å². The first-order chi connectivity index (χ1) is 12.6. The number of aliphatic carboxylic acids is 1. The van der Waals surface area contributed by atoms with E-state index in [-0.39, 0.29) is 5.56 Å². The molecule has 3 rings (SSSR count). The Balaban J connectivity index is 1.73. The summed E-state index contributed by atoms with van der Waals surface area (Å²) in [6.45, 7) is 5.21. The standard InChI is InChI=1S/C20H24FN3O2/c1-15-6-4-8-17(18(15)21)19(20(25)26)24-11-5-10-23(12-13-24)14-16-7-2-3-9-22-16/h2-4,6-9,19H,5,10-14H2,1H3,(H,25,26)/t19-/m1/s1. The van der Waals surface area contributed by atoms with Crippen molar-refractivity contribution in [3.63, 3.8) is 0 Å². The molecule has 0 spiro atoms. The lowest BCUT2D eigenvalue weighted by atomic mass is 10.0. The Bertz CT molecular complexity index is 754. The lowest BCUT2D eigenvalue weighted by Crippen LogP contribution is -2.37. The van der Waals surface area contributed by atoms with Crippen LogP contribution in [0.5, 0.6) is 0 Å². The Kier molecular flexibility index (Phi) is 5.96. The largest absolute Gasteiger partial charge is 0.480 e. The van der Waals surface area contributed by atoms with Crippen molar-refractivity contribution in [2.75, 3.05) is 26.2 Å². The van der Waals surface area contributed by atoms with E-state index in [1.54, 1.807) is 31.3 Å². The highest BCUT2D eigenvalue weighted by molar-refractivity contribution is 5.75. The summed E-state index contributed by atoms with van der Waals surface area (Å²) in [5, 5.41) is 9.76. The molecule has 1 aromatic carbocycles. The molecule has 0 aliphatic carbocycles. The zero-order valence-electron chi connectivity index (χ0n) is 14.9. The molecule has 0 radical (unpaired) electrons. The van der Waals surface area contributed by atoms with Gasteiger partial charge in [-0.05, 0) is 37.6 Å². The fourth-order valence-electron chi connectivity index (χ4n) is 3.50. The number of benzene rings is 1. The predicted molar refractivity (Wildman–Crippen MR) is 97.2 cm³/mol. The van der Waals surface area contributed by atoms with Gasteiger partial charge >= 0.3 is 5.97 Å². The van der Waals surface area contributed by atoms with Gasteiger partial charge in [-0.3, -0.25) is 19.6 Å². The van der Waals surface area contributed by atoms with Gasteiger partial charge in [0.05, 0.1) is 5.69 Å². The molecule has 1 saturated heterocycles. The van der Waals surface area contributed by atoms with E-state index in [0.717, 1.165) is 31.7 Å². The average Bonchev–Trinajstić information content (AvgIpc) is 2.85. The van der Waals surface area contributed by atoms with E-state index in [2.05, 4.69) is 9.88 Å². The van der Waals surface area contributed by atoms with Crippen molar-refractivity contribution in [3.8, 4) is 0 Å². The molecular formula is C20H24FN3O2. The van der Waals surface area contributed by atoms with E-state index >= 15 is 0 Å². The minimum absolute atomic E-state index is 0.246. The van der Waals surface area contributed by atoms with Gasteiger partial charge in [0, 0.05) is 37.9 Å². The maximum absolute atomic E-state index is 14.5. The van der Waals surface area contributed by atoms with E-state index in [4.69, 9.17) is 0 Å². The van der Waals surface area contributed by atoms with Crippen molar-refractivity contribution in [1.29, 1.82) is 0 Å². The second kappa shape index (κ2) is 8.38. The average molecular weight is 357 g/mol. The number of nitrogens with zero attached hydrogens (tertiary/aromatic N) is 3. The third-order valence-electron chi connectivity index (χ3n) is 4.85. The van der Waals surface area contributed by atoms with Crippen molar-refractivity contribution >= 4 is 5.97 Å². The van der Waals surface area contributed by atoms with Crippen molar-refractivity contribution in [2.45, 2.75) is 25.9 Å². The molecule has 26 heavy (non-hydrogen) atoms. The summed E-state index contributed by atoms with van der Waals surface area (Å²) in [6, 6.07) is 9.85. The molecular weight excluding hydrogens is 333 g/mol. The van der Waals surface area contributed by atoms with E-state index < -0.39 is 17.8 Å². The smallest absolute Gasteiger partial charge is 0.325 e. The summed E-state index contributed by atoms with van der Waals surface area (Å²) in [7, 11) is 0. The number of aromatic nitrogens is 1. The lowest BCUT2D eigenvalue weighted by molar-refractivity contribution is -0.143.